The zero-order valence-corrected chi connectivity index (χ0v) is 10.9. The van der Waals surface area contributed by atoms with Gasteiger partial charge >= 0.3 is 0 Å². The summed E-state index contributed by atoms with van der Waals surface area (Å²) >= 11 is 0. The lowest BCUT2D eigenvalue weighted by Gasteiger charge is -2.06. The molecule has 0 amide bonds. The Bertz CT molecular complexity index is 362. The number of hydrogen-bond donors (Lipinski definition) is 0. The second-order valence-electron chi connectivity index (χ2n) is 4.35. The summed E-state index contributed by atoms with van der Waals surface area (Å²) in [6, 6.07) is 2.16. The predicted octanol–water partition coefficient (Wildman–Crippen LogP) is 2.88. The first-order valence-corrected chi connectivity index (χ1v) is 6.61. The molecule has 4 nitrogen and oxygen atoms in total. The molecule has 1 aromatic heterocycles. The normalized spacial score (nSPS) is 10.4. The number of rotatable bonds is 8. The fraction of sp³-hybridized carbons (Fsp3) is 0.769. The quantitative estimate of drug-likeness (QED) is 0.650. The monoisotopic (exact) mass is 234 g/mol. The second-order valence-corrected chi connectivity index (χ2v) is 4.35. The van der Waals surface area contributed by atoms with E-state index in [0.29, 0.717) is 6.42 Å². The lowest BCUT2D eigenvalue weighted by molar-refractivity contribution is 0.510. The number of unbranched alkanes of at least 4 members (excludes halogenated alkanes) is 3. The molecule has 4 heteroatoms. The number of nitriles is 1. The van der Waals surface area contributed by atoms with Crippen LogP contribution in [-0.2, 0) is 19.4 Å². The molecule has 0 saturated carbocycles. The first-order chi connectivity index (χ1) is 8.33. The molecule has 0 unspecified atom stereocenters. The van der Waals surface area contributed by atoms with Gasteiger partial charge in [0, 0.05) is 6.54 Å². The van der Waals surface area contributed by atoms with Crippen LogP contribution >= 0.6 is 0 Å². The van der Waals surface area contributed by atoms with Crippen LogP contribution in [0.2, 0.25) is 0 Å². The summed E-state index contributed by atoms with van der Waals surface area (Å²) in [6.45, 7) is 5.29. The maximum absolute atomic E-state index is 8.74. The fourth-order valence-electron chi connectivity index (χ4n) is 1.96. The van der Waals surface area contributed by atoms with Gasteiger partial charge in [-0.1, -0.05) is 44.7 Å². The van der Waals surface area contributed by atoms with Gasteiger partial charge in [0.05, 0.1) is 23.9 Å². The summed E-state index contributed by atoms with van der Waals surface area (Å²) < 4.78 is 1.99. The highest BCUT2D eigenvalue weighted by Gasteiger charge is 2.11. The molecule has 1 heterocycles. The standard InChI is InChI=1S/C13H22N4/c1-3-5-6-7-11-17-13(8-4-2)12(9-10-14)15-16-17/h3-9,11H2,1-2H3. The summed E-state index contributed by atoms with van der Waals surface area (Å²) in [5.74, 6) is 0. The molecule has 0 aromatic carbocycles. The van der Waals surface area contributed by atoms with E-state index < -0.39 is 0 Å². The van der Waals surface area contributed by atoms with Crippen molar-refractivity contribution >= 4 is 0 Å². The molecule has 0 bridgehead atoms. The Kier molecular flexibility index (Phi) is 6.31. The summed E-state index contributed by atoms with van der Waals surface area (Å²) in [5.41, 5.74) is 2.02. The van der Waals surface area contributed by atoms with Crippen molar-refractivity contribution in [1.82, 2.24) is 15.0 Å². The van der Waals surface area contributed by atoms with Crippen LogP contribution in [0.3, 0.4) is 0 Å². The average molecular weight is 234 g/mol. The highest BCUT2D eigenvalue weighted by molar-refractivity contribution is 5.14. The molecule has 1 aromatic rings. The predicted molar refractivity (Wildman–Crippen MR) is 67.5 cm³/mol. The summed E-state index contributed by atoms with van der Waals surface area (Å²) in [5, 5.41) is 17.0. The van der Waals surface area contributed by atoms with Crippen molar-refractivity contribution in [3.8, 4) is 6.07 Å². The third-order valence-corrected chi connectivity index (χ3v) is 2.87. The lowest BCUT2D eigenvalue weighted by atomic mass is 10.1. The number of hydrogen-bond acceptors (Lipinski definition) is 3. The summed E-state index contributed by atoms with van der Waals surface area (Å²) in [7, 11) is 0. The van der Waals surface area contributed by atoms with Gasteiger partial charge in [-0.05, 0) is 12.8 Å². The van der Waals surface area contributed by atoms with E-state index in [-0.39, 0.29) is 0 Å². The van der Waals surface area contributed by atoms with Crippen LogP contribution < -0.4 is 0 Å². The van der Waals surface area contributed by atoms with E-state index >= 15 is 0 Å². The van der Waals surface area contributed by atoms with Gasteiger partial charge < -0.3 is 0 Å². The van der Waals surface area contributed by atoms with Gasteiger partial charge in [-0.2, -0.15) is 5.26 Å². The summed E-state index contributed by atoms with van der Waals surface area (Å²) in [4.78, 5) is 0. The van der Waals surface area contributed by atoms with Gasteiger partial charge in [-0.15, -0.1) is 5.10 Å². The van der Waals surface area contributed by atoms with E-state index in [2.05, 4.69) is 30.2 Å². The highest BCUT2D eigenvalue weighted by atomic mass is 15.4. The molecule has 0 radical (unpaired) electrons. The molecular formula is C13H22N4. The van der Waals surface area contributed by atoms with E-state index in [9.17, 15) is 0 Å². The molecule has 17 heavy (non-hydrogen) atoms. The molecular weight excluding hydrogens is 212 g/mol. The van der Waals surface area contributed by atoms with Crippen LogP contribution in [0.15, 0.2) is 0 Å². The van der Waals surface area contributed by atoms with Crippen molar-refractivity contribution < 1.29 is 0 Å². The Morgan fingerprint density at radius 1 is 1.18 bits per heavy atom. The van der Waals surface area contributed by atoms with E-state index in [1.165, 1.54) is 19.3 Å². The zero-order valence-electron chi connectivity index (χ0n) is 10.9. The molecule has 0 saturated heterocycles. The van der Waals surface area contributed by atoms with Crippen molar-refractivity contribution in [1.29, 1.82) is 5.26 Å². The van der Waals surface area contributed by atoms with E-state index in [4.69, 9.17) is 5.26 Å². The van der Waals surface area contributed by atoms with Gasteiger partial charge in [0.2, 0.25) is 0 Å². The van der Waals surface area contributed by atoms with Crippen LogP contribution in [0.1, 0.15) is 57.3 Å². The van der Waals surface area contributed by atoms with Crippen LogP contribution in [0, 0.1) is 11.3 Å². The topological polar surface area (TPSA) is 54.5 Å². The van der Waals surface area contributed by atoms with Gasteiger partial charge in [-0.3, -0.25) is 0 Å². The Balaban J connectivity index is 2.60. The van der Waals surface area contributed by atoms with Crippen molar-refractivity contribution in [3.63, 3.8) is 0 Å². The molecule has 0 aliphatic carbocycles. The Labute approximate surface area is 104 Å². The Morgan fingerprint density at radius 3 is 2.65 bits per heavy atom. The van der Waals surface area contributed by atoms with Crippen molar-refractivity contribution in [2.75, 3.05) is 0 Å². The second kappa shape index (κ2) is 7.83. The maximum Gasteiger partial charge on any atom is 0.0999 e. The smallest absolute Gasteiger partial charge is 0.0999 e. The fourth-order valence-corrected chi connectivity index (χ4v) is 1.96. The first-order valence-electron chi connectivity index (χ1n) is 6.61. The third-order valence-electron chi connectivity index (χ3n) is 2.87. The molecule has 0 atom stereocenters. The Hall–Kier alpha value is -1.37. The van der Waals surface area contributed by atoms with Gasteiger partial charge in [-0.25, -0.2) is 4.68 Å². The van der Waals surface area contributed by atoms with Crippen molar-refractivity contribution in [2.24, 2.45) is 0 Å². The van der Waals surface area contributed by atoms with E-state index in [1.54, 1.807) is 0 Å². The molecule has 0 aliphatic heterocycles. The zero-order chi connectivity index (χ0) is 12.5. The SMILES string of the molecule is CCCCCCn1nnc(CC#N)c1CCC. The summed E-state index contributed by atoms with van der Waals surface area (Å²) in [6.07, 6.45) is 7.35. The van der Waals surface area contributed by atoms with Crippen LogP contribution in [0.5, 0.6) is 0 Å². The number of nitrogens with zero attached hydrogens (tertiary/aromatic N) is 4. The van der Waals surface area contributed by atoms with Gasteiger partial charge in [0.15, 0.2) is 0 Å². The average Bonchev–Trinajstić information content (AvgIpc) is 2.69. The lowest BCUT2D eigenvalue weighted by Crippen LogP contribution is -2.06. The minimum atomic E-state index is 0.379. The maximum atomic E-state index is 8.74. The number of aromatic nitrogens is 3. The van der Waals surface area contributed by atoms with Gasteiger partial charge in [0.1, 0.15) is 0 Å². The minimum Gasteiger partial charge on any atom is -0.249 e. The molecule has 0 aliphatic rings. The van der Waals surface area contributed by atoms with Crippen LogP contribution in [0.4, 0.5) is 0 Å². The third kappa shape index (κ3) is 4.18. The molecule has 0 N–H and O–H groups in total. The van der Waals surface area contributed by atoms with Crippen LogP contribution in [-0.4, -0.2) is 15.0 Å². The molecule has 94 valence electrons. The Morgan fingerprint density at radius 2 is 2.00 bits per heavy atom. The molecule has 0 spiro atoms. The number of aryl methyl sites for hydroxylation is 1. The first kappa shape index (κ1) is 13.7. The van der Waals surface area contributed by atoms with Crippen LogP contribution in [0.25, 0.3) is 0 Å². The molecule has 1 rings (SSSR count). The van der Waals surface area contributed by atoms with E-state index in [1.807, 2.05) is 4.68 Å². The minimum absolute atomic E-state index is 0.379. The highest BCUT2D eigenvalue weighted by Crippen LogP contribution is 2.11. The molecule has 0 fully saturated rings. The van der Waals surface area contributed by atoms with Crippen molar-refractivity contribution in [3.05, 3.63) is 11.4 Å². The van der Waals surface area contributed by atoms with Gasteiger partial charge in [0.25, 0.3) is 0 Å². The van der Waals surface area contributed by atoms with E-state index in [0.717, 1.165) is 37.2 Å². The van der Waals surface area contributed by atoms with Crippen molar-refractivity contribution in [2.45, 2.75) is 65.3 Å². The largest absolute Gasteiger partial charge is 0.249 e.